The van der Waals surface area contributed by atoms with Crippen LogP contribution < -0.4 is 10.2 Å². The Morgan fingerprint density at radius 3 is 2.97 bits per heavy atom. The molecule has 4 rings (SSSR count). The summed E-state index contributed by atoms with van der Waals surface area (Å²) < 4.78 is 6.93. The highest BCUT2D eigenvalue weighted by Crippen LogP contribution is 2.23. The topological polar surface area (TPSA) is 124 Å². The van der Waals surface area contributed by atoms with Gasteiger partial charge in [-0.1, -0.05) is 6.92 Å². The van der Waals surface area contributed by atoms with E-state index in [1.807, 2.05) is 32.2 Å². The van der Waals surface area contributed by atoms with Crippen molar-refractivity contribution in [3.05, 3.63) is 42.4 Å². The number of rotatable bonds is 6. The standard InChI is InChI=1S/C18H21N9O2/c1-4-13-9-29-18(28)27(13)17-23-12(3)22-16(24-17)21-11(2)14-8-26(10-19-14)15-6-5-7-20-25-15/h5-8,10-11,13H,4,9H2,1-3H3,(H,21,22,23,24)/t11-,13-/m0/s1. The van der Waals surface area contributed by atoms with E-state index in [2.05, 4.69) is 35.5 Å². The van der Waals surface area contributed by atoms with Crippen LogP contribution in [0.2, 0.25) is 0 Å². The molecule has 2 atom stereocenters. The molecule has 0 bridgehead atoms. The van der Waals surface area contributed by atoms with E-state index < -0.39 is 6.09 Å². The van der Waals surface area contributed by atoms with E-state index in [0.29, 0.717) is 24.2 Å². The van der Waals surface area contributed by atoms with Gasteiger partial charge in [0.05, 0.1) is 17.8 Å². The van der Waals surface area contributed by atoms with Crippen LogP contribution in [0.15, 0.2) is 30.9 Å². The molecule has 0 saturated carbocycles. The molecule has 1 N–H and O–H groups in total. The number of amides is 1. The summed E-state index contributed by atoms with van der Waals surface area (Å²) in [6.07, 6.45) is 5.46. The van der Waals surface area contributed by atoms with Gasteiger partial charge in [0.15, 0.2) is 5.82 Å². The zero-order valence-electron chi connectivity index (χ0n) is 16.3. The highest BCUT2D eigenvalue weighted by molar-refractivity contribution is 5.88. The van der Waals surface area contributed by atoms with Crippen LogP contribution in [0.5, 0.6) is 0 Å². The highest BCUT2D eigenvalue weighted by atomic mass is 16.6. The molecule has 1 fully saturated rings. The molecule has 1 amide bonds. The minimum atomic E-state index is -0.441. The summed E-state index contributed by atoms with van der Waals surface area (Å²) in [7, 11) is 0. The molecule has 4 heterocycles. The molecule has 11 nitrogen and oxygen atoms in total. The van der Waals surface area contributed by atoms with Gasteiger partial charge in [0.25, 0.3) is 0 Å². The molecule has 0 spiro atoms. The number of imidazole rings is 1. The Hall–Kier alpha value is -3.63. The summed E-state index contributed by atoms with van der Waals surface area (Å²) in [6.45, 7) is 6.02. The Labute approximate surface area is 167 Å². The lowest BCUT2D eigenvalue weighted by atomic mass is 10.2. The van der Waals surface area contributed by atoms with E-state index in [-0.39, 0.29) is 18.0 Å². The molecule has 1 saturated heterocycles. The minimum Gasteiger partial charge on any atom is -0.447 e. The molecular formula is C18H21N9O2. The molecule has 0 unspecified atom stereocenters. The van der Waals surface area contributed by atoms with E-state index in [4.69, 9.17) is 4.74 Å². The quantitative estimate of drug-likeness (QED) is 0.668. The van der Waals surface area contributed by atoms with E-state index in [0.717, 1.165) is 12.1 Å². The van der Waals surface area contributed by atoms with Crippen LogP contribution in [0, 0.1) is 6.92 Å². The van der Waals surface area contributed by atoms with Crippen LogP contribution in [-0.4, -0.2) is 53.4 Å². The van der Waals surface area contributed by atoms with Gasteiger partial charge in [0.1, 0.15) is 18.8 Å². The smallest absolute Gasteiger partial charge is 0.417 e. The summed E-state index contributed by atoms with van der Waals surface area (Å²) in [6, 6.07) is 3.38. The Balaban J connectivity index is 1.54. The number of ether oxygens (including phenoxy) is 1. The third-order valence-electron chi connectivity index (χ3n) is 4.60. The average Bonchev–Trinajstić information content (AvgIpc) is 3.35. The number of carbonyl (C=O) groups excluding carboxylic acids is 1. The maximum Gasteiger partial charge on any atom is 0.417 e. The van der Waals surface area contributed by atoms with Gasteiger partial charge in [-0.05, 0) is 32.4 Å². The van der Waals surface area contributed by atoms with E-state index in [1.54, 1.807) is 24.0 Å². The van der Waals surface area contributed by atoms with Crippen LogP contribution in [0.4, 0.5) is 16.7 Å². The van der Waals surface area contributed by atoms with Gasteiger partial charge in [0, 0.05) is 12.4 Å². The molecule has 1 aliphatic heterocycles. The number of anilines is 2. The molecule has 0 aliphatic carbocycles. The zero-order chi connectivity index (χ0) is 20.4. The molecule has 29 heavy (non-hydrogen) atoms. The lowest BCUT2D eigenvalue weighted by Gasteiger charge is -2.19. The first-order valence-corrected chi connectivity index (χ1v) is 9.32. The predicted molar refractivity (Wildman–Crippen MR) is 104 cm³/mol. The SMILES string of the molecule is CC[C@H]1COC(=O)N1c1nc(C)nc(N[C@@H](C)c2cn(-c3cccnn3)cn2)n1. The maximum atomic E-state index is 12.1. The minimum absolute atomic E-state index is 0.0859. The van der Waals surface area contributed by atoms with E-state index in [1.165, 1.54) is 4.90 Å². The van der Waals surface area contributed by atoms with E-state index >= 15 is 0 Å². The van der Waals surface area contributed by atoms with Crippen molar-refractivity contribution in [3.63, 3.8) is 0 Å². The largest absolute Gasteiger partial charge is 0.447 e. The van der Waals surface area contributed by atoms with Crippen molar-refractivity contribution >= 4 is 18.0 Å². The van der Waals surface area contributed by atoms with Crippen molar-refractivity contribution in [1.29, 1.82) is 0 Å². The number of hydrogen-bond acceptors (Lipinski definition) is 9. The summed E-state index contributed by atoms with van der Waals surface area (Å²) in [5.41, 5.74) is 0.780. The maximum absolute atomic E-state index is 12.1. The van der Waals surface area contributed by atoms with Gasteiger partial charge < -0.3 is 10.1 Å². The normalized spacial score (nSPS) is 17.3. The molecule has 3 aromatic rings. The van der Waals surface area contributed by atoms with E-state index in [9.17, 15) is 4.79 Å². The van der Waals surface area contributed by atoms with Gasteiger partial charge in [-0.2, -0.15) is 20.1 Å². The van der Waals surface area contributed by atoms with Gasteiger partial charge in [-0.3, -0.25) is 4.57 Å². The molecule has 0 aromatic carbocycles. The first-order valence-electron chi connectivity index (χ1n) is 9.32. The van der Waals surface area contributed by atoms with Crippen molar-refractivity contribution in [3.8, 4) is 5.82 Å². The number of aryl methyl sites for hydroxylation is 1. The molecule has 11 heteroatoms. The molecule has 3 aromatic heterocycles. The second kappa shape index (κ2) is 7.78. The number of carbonyl (C=O) groups is 1. The summed E-state index contributed by atoms with van der Waals surface area (Å²) >= 11 is 0. The van der Waals surface area contributed by atoms with Crippen LogP contribution >= 0.6 is 0 Å². The summed E-state index contributed by atoms with van der Waals surface area (Å²) in [4.78, 5) is 31.1. The average molecular weight is 395 g/mol. The third-order valence-corrected chi connectivity index (χ3v) is 4.60. The molecular weight excluding hydrogens is 374 g/mol. The monoisotopic (exact) mass is 395 g/mol. The number of cyclic esters (lactones) is 1. The first kappa shape index (κ1) is 18.7. The van der Waals surface area contributed by atoms with Gasteiger partial charge in [-0.15, -0.1) is 5.10 Å². The van der Waals surface area contributed by atoms with Crippen LogP contribution in [-0.2, 0) is 4.74 Å². The Bertz CT molecular complexity index is 1010. The summed E-state index contributed by atoms with van der Waals surface area (Å²) in [5.74, 6) is 1.83. The molecule has 1 aliphatic rings. The number of aromatic nitrogens is 7. The van der Waals surface area contributed by atoms with Crippen molar-refractivity contribution in [2.24, 2.45) is 0 Å². The Morgan fingerprint density at radius 1 is 1.34 bits per heavy atom. The molecule has 150 valence electrons. The van der Waals surface area contributed by atoms with Crippen molar-refractivity contribution in [1.82, 2.24) is 34.7 Å². The fourth-order valence-corrected chi connectivity index (χ4v) is 3.03. The second-order valence-electron chi connectivity index (χ2n) is 6.67. The number of nitrogens with zero attached hydrogens (tertiary/aromatic N) is 8. The van der Waals surface area contributed by atoms with Gasteiger partial charge >= 0.3 is 6.09 Å². The number of nitrogens with one attached hydrogen (secondary N) is 1. The van der Waals surface area contributed by atoms with Crippen LogP contribution in [0.3, 0.4) is 0 Å². The number of hydrogen-bond donors (Lipinski definition) is 1. The van der Waals surface area contributed by atoms with Crippen molar-refractivity contribution < 1.29 is 9.53 Å². The van der Waals surface area contributed by atoms with Crippen LogP contribution in [0.25, 0.3) is 5.82 Å². The van der Waals surface area contributed by atoms with Gasteiger partial charge in [0.2, 0.25) is 11.9 Å². The van der Waals surface area contributed by atoms with Crippen molar-refractivity contribution in [2.45, 2.75) is 39.3 Å². The van der Waals surface area contributed by atoms with Gasteiger partial charge in [-0.25, -0.2) is 14.7 Å². The fourth-order valence-electron chi connectivity index (χ4n) is 3.03. The molecule has 0 radical (unpaired) electrons. The van der Waals surface area contributed by atoms with Crippen LogP contribution in [0.1, 0.15) is 37.8 Å². The van der Waals surface area contributed by atoms with Crippen molar-refractivity contribution in [2.75, 3.05) is 16.8 Å². The fraction of sp³-hybridized carbons (Fsp3) is 0.389. The predicted octanol–water partition coefficient (Wildman–Crippen LogP) is 2.06. The lowest BCUT2D eigenvalue weighted by Crippen LogP contribution is -2.34. The Morgan fingerprint density at radius 2 is 2.21 bits per heavy atom. The highest BCUT2D eigenvalue weighted by Gasteiger charge is 2.35. The zero-order valence-corrected chi connectivity index (χ0v) is 16.3. The summed E-state index contributed by atoms with van der Waals surface area (Å²) in [5, 5.41) is 11.2. The third kappa shape index (κ3) is 3.84. The second-order valence-corrected chi connectivity index (χ2v) is 6.67. The lowest BCUT2D eigenvalue weighted by molar-refractivity contribution is 0.178. The Kier molecular flexibility index (Phi) is 5.02. The first-order chi connectivity index (χ1) is 14.0.